The Balaban J connectivity index is 2.11. The second-order valence-corrected chi connectivity index (χ2v) is 5.19. The first-order valence-electron chi connectivity index (χ1n) is 6.04. The molecule has 0 aromatic heterocycles. The largest absolute Gasteiger partial charge is 0.380 e. The maximum absolute atomic E-state index is 11.1. The van der Waals surface area contributed by atoms with Crippen LogP contribution in [0.5, 0.6) is 0 Å². The molecule has 0 spiro atoms. The summed E-state index contributed by atoms with van der Waals surface area (Å²) in [5.41, 5.74) is 7.30. The van der Waals surface area contributed by atoms with Gasteiger partial charge in [0.15, 0.2) is 0 Å². The summed E-state index contributed by atoms with van der Waals surface area (Å²) in [5.74, 6) is -0.478. The van der Waals surface area contributed by atoms with Gasteiger partial charge in [-0.15, -0.1) is 0 Å². The van der Waals surface area contributed by atoms with Crippen LogP contribution in [0.25, 0.3) is 0 Å². The molecule has 0 aliphatic carbocycles. The number of carbonyl (C=O) groups is 1. The minimum absolute atomic E-state index is 0.0168. The number of nitrogens with zero attached hydrogens (tertiary/aromatic N) is 1. The smallest absolute Gasteiger partial charge is 0.270 e. The molecule has 0 radical (unpaired) electrons. The maximum Gasteiger partial charge on any atom is 0.270 e. The van der Waals surface area contributed by atoms with E-state index in [-0.39, 0.29) is 5.69 Å². The Bertz CT molecular complexity index is 704. The average molecular weight is 350 g/mol. The number of anilines is 1. The molecule has 0 atom stereocenters. The second-order valence-electron chi connectivity index (χ2n) is 4.34. The van der Waals surface area contributed by atoms with Crippen LogP contribution in [0.1, 0.15) is 15.9 Å². The zero-order chi connectivity index (χ0) is 15.4. The second kappa shape index (κ2) is 6.36. The van der Waals surface area contributed by atoms with Gasteiger partial charge in [0, 0.05) is 34.4 Å². The van der Waals surface area contributed by atoms with Crippen molar-refractivity contribution in [1.29, 1.82) is 0 Å². The highest BCUT2D eigenvalue weighted by atomic mass is 79.9. The third kappa shape index (κ3) is 3.79. The SMILES string of the molecule is NC(=O)c1cccc(CNc2ccc([N+](=O)[O-])cc2Br)c1. The van der Waals surface area contributed by atoms with Crippen molar-refractivity contribution >= 4 is 33.2 Å². The first-order valence-corrected chi connectivity index (χ1v) is 6.83. The van der Waals surface area contributed by atoms with Gasteiger partial charge in [-0.2, -0.15) is 0 Å². The molecule has 7 heteroatoms. The number of non-ortho nitro benzene ring substituents is 1. The van der Waals surface area contributed by atoms with Crippen molar-refractivity contribution in [2.75, 3.05) is 5.32 Å². The van der Waals surface area contributed by atoms with Gasteiger partial charge >= 0.3 is 0 Å². The Kier molecular flexibility index (Phi) is 4.54. The molecule has 0 unspecified atom stereocenters. The van der Waals surface area contributed by atoms with Gasteiger partial charge in [-0.25, -0.2) is 0 Å². The minimum Gasteiger partial charge on any atom is -0.380 e. The van der Waals surface area contributed by atoms with Crippen LogP contribution in [-0.2, 0) is 6.54 Å². The fourth-order valence-corrected chi connectivity index (χ4v) is 2.30. The van der Waals surface area contributed by atoms with E-state index in [0.29, 0.717) is 16.6 Å². The van der Waals surface area contributed by atoms with Gasteiger partial charge in [-0.05, 0) is 39.7 Å². The van der Waals surface area contributed by atoms with Gasteiger partial charge in [-0.1, -0.05) is 12.1 Å². The molecule has 0 bridgehead atoms. The molecule has 0 aliphatic rings. The van der Waals surface area contributed by atoms with Crippen LogP contribution < -0.4 is 11.1 Å². The number of primary amides is 1. The molecule has 21 heavy (non-hydrogen) atoms. The number of nitro groups is 1. The van der Waals surface area contributed by atoms with Crippen molar-refractivity contribution in [1.82, 2.24) is 0 Å². The summed E-state index contributed by atoms with van der Waals surface area (Å²) < 4.78 is 0.600. The van der Waals surface area contributed by atoms with Gasteiger partial charge in [-0.3, -0.25) is 14.9 Å². The molecule has 2 rings (SSSR count). The van der Waals surface area contributed by atoms with E-state index in [1.165, 1.54) is 12.1 Å². The molecule has 108 valence electrons. The summed E-state index contributed by atoms with van der Waals surface area (Å²) in [6.45, 7) is 0.470. The minimum atomic E-state index is -0.478. The van der Waals surface area contributed by atoms with Crippen LogP contribution in [0.4, 0.5) is 11.4 Å². The Hall–Kier alpha value is -2.41. The van der Waals surface area contributed by atoms with Crippen molar-refractivity contribution in [3.63, 3.8) is 0 Å². The van der Waals surface area contributed by atoms with Crippen LogP contribution >= 0.6 is 15.9 Å². The van der Waals surface area contributed by atoms with Crippen LogP contribution in [0.15, 0.2) is 46.9 Å². The Labute approximate surface area is 129 Å². The Morgan fingerprint density at radius 2 is 2.05 bits per heavy atom. The summed E-state index contributed by atoms with van der Waals surface area (Å²) in [6, 6.07) is 11.4. The van der Waals surface area contributed by atoms with Crippen molar-refractivity contribution in [2.24, 2.45) is 5.73 Å². The zero-order valence-electron chi connectivity index (χ0n) is 10.9. The van der Waals surface area contributed by atoms with Gasteiger partial charge in [0.1, 0.15) is 0 Å². The van der Waals surface area contributed by atoms with Crippen molar-refractivity contribution in [2.45, 2.75) is 6.54 Å². The highest BCUT2D eigenvalue weighted by molar-refractivity contribution is 9.10. The normalized spacial score (nSPS) is 10.1. The first kappa shape index (κ1) is 15.0. The van der Waals surface area contributed by atoms with E-state index in [9.17, 15) is 14.9 Å². The number of halogens is 1. The monoisotopic (exact) mass is 349 g/mol. The number of nitrogens with one attached hydrogen (secondary N) is 1. The predicted octanol–water partition coefficient (Wildman–Crippen LogP) is 3.07. The molecular formula is C14H12BrN3O3. The van der Waals surface area contributed by atoms with E-state index in [0.717, 1.165) is 11.3 Å². The third-order valence-corrected chi connectivity index (χ3v) is 3.51. The lowest BCUT2D eigenvalue weighted by molar-refractivity contribution is -0.384. The van der Waals surface area contributed by atoms with Crippen LogP contribution in [0.3, 0.4) is 0 Å². The third-order valence-electron chi connectivity index (χ3n) is 2.86. The van der Waals surface area contributed by atoms with Gasteiger partial charge in [0.05, 0.1) is 4.92 Å². The number of hydrogen-bond acceptors (Lipinski definition) is 4. The average Bonchev–Trinajstić information content (AvgIpc) is 2.46. The lowest BCUT2D eigenvalue weighted by atomic mass is 10.1. The molecule has 0 saturated carbocycles. The Morgan fingerprint density at radius 1 is 1.29 bits per heavy atom. The first-order chi connectivity index (χ1) is 9.97. The fraction of sp³-hybridized carbons (Fsp3) is 0.0714. The topological polar surface area (TPSA) is 98.3 Å². The number of benzene rings is 2. The lowest BCUT2D eigenvalue weighted by Gasteiger charge is -2.09. The number of amides is 1. The van der Waals surface area contributed by atoms with Gasteiger partial charge in [0.25, 0.3) is 5.69 Å². The molecule has 0 aliphatic heterocycles. The summed E-state index contributed by atoms with van der Waals surface area (Å²) in [5, 5.41) is 13.8. The van der Waals surface area contributed by atoms with Gasteiger partial charge < -0.3 is 11.1 Å². The van der Waals surface area contributed by atoms with E-state index in [2.05, 4.69) is 21.2 Å². The molecule has 6 nitrogen and oxygen atoms in total. The standard InChI is InChI=1S/C14H12BrN3O3/c15-12-7-11(18(20)21)4-5-13(12)17-8-9-2-1-3-10(6-9)14(16)19/h1-7,17H,8H2,(H2,16,19). The number of nitrogens with two attached hydrogens (primary N) is 1. The van der Waals surface area contributed by atoms with Crippen LogP contribution in [0.2, 0.25) is 0 Å². The van der Waals surface area contributed by atoms with Crippen molar-refractivity contribution < 1.29 is 9.72 Å². The van der Waals surface area contributed by atoms with E-state index in [4.69, 9.17) is 5.73 Å². The van der Waals surface area contributed by atoms with E-state index >= 15 is 0 Å². The maximum atomic E-state index is 11.1. The lowest BCUT2D eigenvalue weighted by Crippen LogP contribution is -2.11. The zero-order valence-corrected chi connectivity index (χ0v) is 12.5. The van der Waals surface area contributed by atoms with Crippen molar-refractivity contribution in [3.05, 3.63) is 68.2 Å². The Morgan fingerprint density at radius 3 is 2.67 bits per heavy atom. The number of nitro benzene ring substituents is 1. The molecule has 1 amide bonds. The summed E-state index contributed by atoms with van der Waals surface area (Å²) in [4.78, 5) is 21.3. The molecule has 2 aromatic rings. The summed E-state index contributed by atoms with van der Waals surface area (Å²) in [6.07, 6.45) is 0. The molecular weight excluding hydrogens is 338 g/mol. The predicted molar refractivity (Wildman–Crippen MR) is 83.1 cm³/mol. The number of hydrogen-bond donors (Lipinski definition) is 2. The van der Waals surface area contributed by atoms with E-state index < -0.39 is 10.8 Å². The quantitative estimate of drug-likeness (QED) is 0.640. The summed E-state index contributed by atoms with van der Waals surface area (Å²) in [7, 11) is 0. The van der Waals surface area contributed by atoms with Crippen LogP contribution in [0, 0.1) is 10.1 Å². The summed E-state index contributed by atoms with van der Waals surface area (Å²) >= 11 is 3.29. The number of rotatable bonds is 5. The molecule has 3 N–H and O–H groups in total. The highest BCUT2D eigenvalue weighted by Crippen LogP contribution is 2.27. The fourth-order valence-electron chi connectivity index (χ4n) is 1.79. The van der Waals surface area contributed by atoms with Gasteiger partial charge in [0.2, 0.25) is 5.91 Å². The van der Waals surface area contributed by atoms with Crippen LogP contribution in [-0.4, -0.2) is 10.8 Å². The molecule has 0 saturated heterocycles. The highest BCUT2D eigenvalue weighted by Gasteiger charge is 2.09. The van der Waals surface area contributed by atoms with E-state index in [1.54, 1.807) is 24.3 Å². The van der Waals surface area contributed by atoms with E-state index in [1.807, 2.05) is 6.07 Å². The number of carbonyl (C=O) groups excluding carboxylic acids is 1. The molecule has 0 heterocycles. The van der Waals surface area contributed by atoms with Crippen molar-refractivity contribution in [3.8, 4) is 0 Å². The molecule has 2 aromatic carbocycles. The molecule has 0 fully saturated rings.